The molecule has 2 aromatic rings. The van der Waals surface area contributed by atoms with Gasteiger partial charge in [0.2, 0.25) is 0 Å². The molecule has 18 heavy (non-hydrogen) atoms. The summed E-state index contributed by atoms with van der Waals surface area (Å²) in [5, 5.41) is 20.3. The fourth-order valence-electron chi connectivity index (χ4n) is 1.78. The van der Waals surface area contributed by atoms with Gasteiger partial charge in [0.25, 0.3) is 0 Å². The van der Waals surface area contributed by atoms with Crippen LogP contribution in [0.2, 0.25) is 0 Å². The van der Waals surface area contributed by atoms with E-state index in [1.165, 1.54) is 24.6 Å². The molecule has 3 rings (SSSR count). The molecule has 2 heterocycles. The van der Waals surface area contributed by atoms with Crippen LogP contribution in [0, 0.1) is 11.3 Å². The lowest BCUT2D eigenvalue weighted by molar-refractivity contribution is 0.669. The highest BCUT2D eigenvalue weighted by molar-refractivity contribution is 8.00. The molecule has 0 aromatic carbocycles. The molecule has 1 fully saturated rings. The zero-order chi connectivity index (χ0) is 12.5. The van der Waals surface area contributed by atoms with Crippen molar-refractivity contribution in [2.45, 2.75) is 36.2 Å². The number of thiophene rings is 1. The fourth-order valence-corrected chi connectivity index (χ4v) is 3.29. The van der Waals surface area contributed by atoms with E-state index < -0.39 is 0 Å². The van der Waals surface area contributed by atoms with Crippen LogP contribution in [-0.2, 0) is 0 Å². The molecule has 2 aromatic heterocycles. The molecular weight excluding hydrogens is 264 g/mol. The molecule has 0 amide bonds. The van der Waals surface area contributed by atoms with Gasteiger partial charge in [-0.1, -0.05) is 17.8 Å². The van der Waals surface area contributed by atoms with E-state index in [0.717, 1.165) is 15.9 Å². The summed E-state index contributed by atoms with van der Waals surface area (Å²) in [6.07, 6.45) is 2.37. The van der Waals surface area contributed by atoms with Gasteiger partial charge in [-0.2, -0.15) is 5.26 Å². The lowest BCUT2D eigenvalue weighted by atomic mass is 10.4. The van der Waals surface area contributed by atoms with Crippen LogP contribution in [0.5, 0.6) is 0 Å². The first kappa shape index (κ1) is 11.8. The Morgan fingerprint density at radius 3 is 3.00 bits per heavy atom. The molecule has 92 valence electrons. The van der Waals surface area contributed by atoms with Crippen molar-refractivity contribution in [3.05, 3.63) is 17.5 Å². The number of rotatable bonds is 4. The summed E-state index contributed by atoms with van der Waals surface area (Å²) in [6, 6.07) is 6.84. The fraction of sp³-hybridized carbons (Fsp3) is 0.417. The summed E-state index contributed by atoms with van der Waals surface area (Å²) in [5.41, 5.74) is 0. The molecular formula is C12H12N4S2. The topological polar surface area (TPSA) is 54.5 Å². The zero-order valence-corrected chi connectivity index (χ0v) is 11.5. The minimum absolute atomic E-state index is 0.0946. The maximum atomic E-state index is 8.91. The predicted molar refractivity (Wildman–Crippen MR) is 72.5 cm³/mol. The number of nitriles is 1. The Balaban J connectivity index is 1.99. The van der Waals surface area contributed by atoms with Crippen molar-refractivity contribution in [2.75, 3.05) is 0 Å². The minimum atomic E-state index is -0.0946. The number of nitrogens with zero attached hydrogens (tertiary/aromatic N) is 4. The van der Waals surface area contributed by atoms with Gasteiger partial charge in [-0.3, -0.25) is 4.57 Å². The van der Waals surface area contributed by atoms with Crippen molar-refractivity contribution in [3.63, 3.8) is 0 Å². The first-order valence-electron chi connectivity index (χ1n) is 5.84. The van der Waals surface area contributed by atoms with Crippen LogP contribution in [0.25, 0.3) is 10.7 Å². The van der Waals surface area contributed by atoms with E-state index in [0.29, 0.717) is 6.04 Å². The van der Waals surface area contributed by atoms with E-state index in [-0.39, 0.29) is 5.25 Å². The molecule has 0 aliphatic heterocycles. The van der Waals surface area contributed by atoms with Crippen LogP contribution in [0.3, 0.4) is 0 Å². The van der Waals surface area contributed by atoms with Crippen molar-refractivity contribution < 1.29 is 0 Å². The van der Waals surface area contributed by atoms with Crippen LogP contribution < -0.4 is 0 Å². The van der Waals surface area contributed by atoms with E-state index in [9.17, 15) is 0 Å². The van der Waals surface area contributed by atoms with Crippen LogP contribution in [0.15, 0.2) is 22.7 Å². The van der Waals surface area contributed by atoms with Crippen molar-refractivity contribution in [2.24, 2.45) is 0 Å². The van der Waals surface area contributed by atoms with Crippen LogP contribution in [-0.4, -0.2) is 20.0 Å². The summed E-state index contributed by atoms with van der Waals surface area (Å²) < 4.78 is 2.20. The molecule has 1 saturated carbocycles. The van der Waals surface area contributed by atoms with Crippen molar-refractivity contribution in [3.8, 4) is 16.8 Å². The Morgan fingerprint density at radius 1 is 1.56 bits per heavy atom. The Labute approximate surface area is 114 Å². The van der Waals surface area contributed by atoms with Gasteiger partial charge < -0.3 is 0 Å². The van der Waals surface area contributed by atoms with E-state index >= 15 is 0 Å². The summed E-state index contributed by atoms with van der Waals surface area (Å²) in [6.45, 7) is 1.89. The minimum Gasteiger partial charge on any atom is -0.298 e. The molecule has 1 atom stereocenters. The molecule has 6 heteroatoms. The van der Waals surface area contributed by atoms with Gasteiger partial charge in [0.15, 0.2) is 11.0 Å². The van der Waals surface area contributed by atoms with E-state index in [1.54, 1.807) is 11.3 Å². The normalized spacial score (nSPS) is 16.4. The number of thioether (sulfide) groups is 1. The lowest BCUT2D eigenvalue weighted by Crippen LogP contribution is -2.01. The van der Waals surface area contributed by atoms with Gasteiger partial charge in [-0.05, 0) is 31.2 Å². The summed E-state index contributed by atoms with van der Waals surface area (Å²) >= 11 is 3.17. The molecule has 0 saturated heterocycles. The first-order valence-corrected chi connectivity index (χ1v) is 7.60. The zero-order valence-electron chi connectivity index (χ0n) is 9.91. The Kier molecular flexibility index (Phi) is 3.10. The van der Waals surface area contributed by atoms with E-state index in [1.807, 2.05) is 18.4 Å². The van der Waals surface area contributed by atoms with Crippen molar-refractivity contribution >= 4 is 23.1 Å². The van der Waals surface area contributed by atoms with Crippen LogP contribution >= 0.6 is 23.1 Å². The molecule has 4 nitrogen and oxygen atoms in total. The van der Waals surface area contributed by atoms with E-state index in [2.05, 4.69) is 26.9 Å². The van der Waals surface area contributed by atoms with Crippen LogP contribution in [0.4, 0.5) is 0 Å². The monoisotopic (exact) mass is 276 g/mol. The maximum absolute atomic E-state index is 8.91. The highest BCUT2D eigenvalue weighted by Crippen LogP contribution is 2.42. The SMILES string of the molecule is C[C@@H](C#N)Sc1nnc(-c2cccs2)n1C1CC1. The van der Waals surface area contributed by atoms with Gasteiger partial charge in [-0.15, -0.1) is 21.5 Å². The molecule has 0 unspecified atom stereocenters. The second-order valence-electron chi connectivity index (χ2n) is 4.27. The third-order valence-corrected chi connectivity index (χ3v) is 4.60. The van der Waals surface area contributed by atoms with Gasteiger partial charge in [0.1, 0.15) is 0 Å². The quantitative estimate of drug-likeness (QED) is 0.804. The van der Waals surface area contributed by atoms with Gasteiger partial charge in [0, 0.05) is 6.04 Å². The molecule has 0 radical (unpaired) electrons. The third kappa shape index (κ3) is 2.16. The molecule has 1 aliphatic rings. The van der Waals surface area contributed by atoms with E-state index in [4.69, 9.17) is 5.26 Å². The largest absolute Gasteiger partial charge is 0.298 e. The second kappa shape index (κ2) is 4.75. The van der Waals surface area contributed by atoms with Crippen LogP contribution in [0.1, 0.15) is 25.8 Å². The predicted octanol–water partition coefficient (Wildman–Crippen LogP) is 3.35. The number of hydrogen-bond acceptors (Lipinski definition) is 5. The Hall–Kier alpha value is -1.32. The standard InChI is InChI=1S/C12H12N4S2/c1-8(7-13)18-12-15-14-11(10-3-2-6-17-10)16(12)9-4-5-9/h2-3,6,8-9H,4-5H2,1H3/t8-/m0/s1. The Morgan fingerprint density at radius 2 is 2.39 bits per heavy atom. The smallest absolute Gasteiger partial charge is 0.193 e. The molecule has 0 spiro atoms. The average molecular weight is 276 g/mol. The highest BCUT2D eigenvalue weighted by Gasteiger charge is 2.30. The third-order valence-electron chi connectivity index (χ3n) is 2.78. The van der Waals surface area contributed by atoms with Gasteiger partial charge in [0.05, 0.1) is 16.2 Å². The lowest BCUT2D eigenvalue weighted by Gasteiger charge is -2.07. The molecule has 1 aliphatic carbocycles. The van der Waals surface area contributed by atoms with Gasteiger partial charge >= 0.3 is 0 Å². The summed E-state index contributed by atoms with van der Waals surface area (Å²) in [7, 11) is 0. The van der Waals surface area contributed by atoms with Crippen molar-refractivity contribution in [1.29, 1.82) is 5.26 Å². The second-order valence-corrected chi connectivity index (χ2v) is 6.53. The molecule has 0 bridgehead atoms. The molecule has 0 N–H and O–H groups in total. The first-order chi connectivity index (χ1) is 8.79. The summed E-state index contributed by atoms with van der Waals surface area (Å²) in [4.78, 5) is 1.14. The number of hydrogen-bond donors (Lipinski definition) is 0. The van der Waals surface area contributed by atoms with Gasteiger partial charge in [-0.25, -0.2) is 0 Å². The average Bonchev–Trinajstić information content (AvgIpc) is 2.92. The highest BCUT2D eigenvalue weighted by atomic mass is 32.2. The summed E-state index contributed by atoms with van der Waals surface area (Å²) in [5.74, 6) is 0.945. The Bertz CT molecular complexity index is 578. The number of aromatic nitrogens is 3. The van der Waals surface area contributed by atoms with Crippen molar-refractivity contribution in [1.82, 2.24) is 14.8 Å². The maximum Gasteiger partial charge on any atom is 0.193 e.